The van der Waals surface area contributed by atoms with Gasteiger partial charge in [0.05, 0.1) is 12.2 Å². The topological polar surface area (TPSA) is 27.7 Å². The molecule has 1 N–H and O–H groups in total. The number of anilines is 1. The number of rotatable bonds is 5. The minimum absolute atomic E-state index is 0.357. The second-order valence-electron chi connectivity index (χ2n) is 6.88. The molecule has 2 aliphatic heterocycles. The summed E-state index contributed by atoms with van der Waals surface area (Å²) in [5.74, 6) is 0. The molecule has 1 saturated heterocycles. The first-order valence-electron chi connectivity index (χ1n) is 8.53. The summed E-state index contributed by atoms with van der Waals surface area (Å²) in [7, 11) is 2.22. The van der Waals surface area contributed by atoms with Gasteiger partial charge in [0.1, 0.15) is 0 Å². The SMILES string of the molecule is C[C@@H]1CN(CCN(C)Cc2cccc3c2NCC3)C[C@H](C)O1. The Morgan fingerprint density at radius 1 is 1.27 bits per heavy atom. The van der Waals surface area contributed by atoms with Gasteiger partial charge in [0.25, 0.3) is 0 Å². The average Bonchev–Trinajstić information content (AvgIpc) is 2.94. The van der Waals surface area contributed by atoms with Gasteiger partial charge in [-0.3, -0.25) is 4.90 Å². The standard InChI is InChI=1S/C18H29N3O/c1-14-11-21(12-15(2)22-14)10-9-20(3)13-17-6-4-5-16-7-8-19-18(16)17/h4-6,14-15,19H,7-13H2,1-3H3/t14-,15+. The molecule has 0 aromatic heterocycles. The quantitative estimate of drug-likeness (QED) is 0.902. The number of para-hydroxylation sites is 1. The summed E-state index contributed by atoms with van der Waals surface area (Å²) in [6.07, 6.45) is 1.88. The Hall–Kier alpha value is -1.10. The highest BCUT2D eigenvalue weighted by molar-refractivity contribution is 5.61. The normalized spacial score (nSPS) is 25.3. The van der Waals surface area contributed by atoms with Crippen molar-refractivity contribution in [2.75, 3.05) is 45.1 Å². The van der Waals surface area contributed by atoms with Gasteiger partial charge in [-0.1, -0.05) is 18.2 Å². The highest BCUT2D eigenvalue weighted by Gasteiger charge is 2.22. The van der Waals surface area contributed by atoms with E-state index in [0.29, 0.717) is 12.2 Å². The second kappa shape index (κ2) is 6.99. The number of ether oxygens (including phenoxy) is 1. The van der Waals surface area contributed by atoms with Crippen molar-refractivity contribution in [3.05, 3.63) is 29.3 Å². The van der Waals surface area contributed by atoms with Gasteiger partial charge in [-0.25, -0.2) is 0 Å². The van der Waals surface area contributed by atoms with Crippen LogP contribution in [0.5, 0.6) is 0 Å². The van der Waals surface area contributed by atoms with Crippen molar-refractivity contribution in [1.82, 2.24) is 9.80 Å². The lowest BCUT2D eigenvalue weighted by molar-refractivity contribution is -0.0691. The zero-order valence-corrected chi connectivity index (χ0v) is 14.1. The Morgan fingerprint density at radius 3 is 2.82 bits per heavy atom. The molecule has 0 radical (unpaired) electrons. The number of hydrogen-bond donors (Lipinski definition) is 1. The monoisotopic (exact) mass is 303 g/mol. The number of hydrogen-bond acceptors (Lipinski definition) is 4. The van der Waals surface area contributed by atoms with Crippen molar-refractivity contribution in [2.45, 2.75) is 39.0 Å². The minimum atomic E-state index is 0.357. The highest BCUT2D eigenvalue weighted by Crippen LogP contribution is 2.27. The summed E-state index contributed by atoms with van der Waals surface area (Å²) in [4.78, 5) is 4.96. The maximum Gasteiger partial charge on any atom is 0.0678 e. The van der Waals surface area contributed by atoms with Gasteiger partial charge in [-0.15, -0.1) is 0 Å². The molecule has 0 unspecified atom stereocenters. The van der Waals surface area contributed by atoms with Crippen LogP contribution in [-0.4, -0.2) is 61.8 Å². The summed E-state index contributed by atoms with van der Waals surface area (Å²) in [6, 6.07) is 6.70. The Kier molecular flexibility index (Phi) is 5.01. The predicted molar refractivity (Wildman–Crippen MR) is 91.4 cm³/mol. The third-order valence-corrected chi connectivity index (χ3v) is 4.67. The number of morpholine rings is 1. The molecular weight excluding hydrogens is 274 g/mol. The predicted octanol–water partition coefficient (Wildman–Crippen LogP) is 2.20. The third kappa shape index (κ3) is 3.80. The number of benzene rings is 1. The van der Waals surface area contributed by atoms with E-state index in [9.17, 15) is 0 Å². The first-order chi connectivity index (χ1) is 10.6. The number of nitrogens with zero attached hydrogens (tertiary/aromatic N) is 2. The summed E-state index contributed by atoms with van der Waals surface area (Å²) in [5.41, 5.74) is 4.28. The van der Waals surface area contributed by atoms with Crippen LogP contribution in [0, 0.1) is 0 Å². The Bertz CT molecular complexity index is 495. The molecule has 0 saturated carbocycles. The van der Waals surface area contributed by atoms with Crippen molar-refractivity contribution in [3.8, 4) is 0 Å². The van der Waals surface area contributed by atoms with E-state index in [-0.39, 0.29) is 0 Å². The number of nitrogens with one attached hydrogen (secondary N) is 1. The van der Waals surface area contributed by atoms with E-state index in [2.05, 4.69) is 54.2 Å². The zero-order chi connectivity index (χ0) is 15.5. The van der Waals surface area contributed by atoms with Crippen LogP contribution in [-0.2, 0) is 17.7 Å². The molecule has 0 amide bonds. The molecule has 122 valence electrons. The van der Waals surface area contributed by atoms with Crippen molar-refractivity contribution >= 4 is 5.69 Å². The first-order valence-corrected chi connectivity index (χ1v) is 8.53. The van der Waals surface area contributed by atoms with E-state index in [0.717, 1.165) is 45.7 Å². The summed E-state index contributed by atoms with van der Waals surface area (Å²) in [6.45, 7) is 10.8. The van der Waals surface area contributed by atoms with Gasteiger partial charge in [0.15, 0.2) is 0 Å². The lowest BCUT2D eigenvalue weighted by atomic mass is 10.1. The molecule has 2 atom stereocenters. The van der Waals surface area contributed by atoms with Crippen LogP contribution >= 0.6 is 0 Å². The van der Waals surface area contributed by atoms with Crippen LogP contribution in [0.25, 0.3) is 0 Å². The van der Waals surface area contributed by atoms with Crippen LogP contribution < -0.4 is 5.32 Å². The van der Waals surface area contributed by atoms with Crippen LogP contribution in [0.3, 0.4) is 0 Å². The molecule has 22 heavy (non-hydrogen) atoms. The van der Waals surface area contributed by atoms with Crippen LogP contribution in [0.2, 0.25) is 0 Å². The lowest BCUT2D eigenvalue weighted by Gasteiger charge is -2.36. The molecule has 0 spiro atoms. The molecule has 1 aromatic rings. The Labute approximate surface area is 134 Å². The highest BCUT2D eigenvalue weighted by atomic mass is 16.5. The lowest BCUT2D eigenvalue weighted by Crippen LogP contribution is -2.47. The van der Waals surface area contributed by atoms with Crippen LogP contribution in [0.15, 0.2) is 18.2 Å². The number of fused-ring (bicyclic) bond motifs is 1. The largest absolute Gasteiger partial charge is 0.384 e. The van der Waals surface area contributed by atoms with E-state index in [4.69, 9.17) is 4.74 Å². The molecule has 4 heteroatoms. The van der Waals surface area contributed by atoms with Gasteiger partial charge < -0.3 is 15.0 Å². The van der Waals surface area contributed by atoms with E-state index >= 15 is 0 Å². The summed E-state index contributed by atoms with van der Waals surface area (Å²) in [5, 5.41) is 3.54. The Balaban J connectivity index is 1.51. The molecule has 1 aromatic carbocycles. The Morgan fingerprint density at radius 2 is 2.05 bits per heavy atom. The van der Waals surface area contributed by atoms with E-state index in [1.165, 1.54) is 16.8 Å². The molecule has 3 rings (SSSR count). The van der Waals surface area contributed by atoms with E-state index in [1.807, 2.05) is 0 Å². The minimum Gasteiger partial charge on any atom is -0.384 e. The second-order valence-corrected chi connectivity index (χ2v) is 6.88. The summed E-state index contributed by atoms with van der Waals surface area (Å²) >= 11 is 0. The maximum atomic E-state index is 5.81. The first kappa shape index (κ1) is 15.8. The van der Waals surface area contributed by atoms with Crippen molar-refractivity contribution in [2.24, 2.45) is 0 Å². The molecule has 4 nitrogen and oxygen atoms in total. The third-order valence-electron chi connectivity index (χ3n) is 4.67. The maximum absolute atomic E-state index is 5.81. The average molecular weight is 303 g/mol. The van der Waals surface area contributed by atoms with Gasteiger partial charge in [0.2, 0.25) is 0 Å². The van der Waals surface area contributed by atoms with E-state index in [1.54, 1.807) is 0 Å². The molecule has 0 aliphatic carbocycles. The van der Waals surface area contributed by atoms with Crippen molar-refractivity contribution in [1.29, 1.82) is 0 Å². The van der Waals surface area contributed by atoms with Crippen molar-refractivity contribution in [3.63, 3.8) is 0 Å². The number of likely N-dealkylation sites (N-methyl/N-ethyl adjacent to an activating group) is 1. The molecule has 2 aliphatic rings. The zero-order valence-electron chi connectivity index (χ0n) is 14.1. The van der Waals surface area contributed by atoms with Crippen LogP contribution in [0.4, 0.5) is 5.69 Å². The molecule has 0 bridgehead atoms. The fourth-order valence-electron chi connectivity index (χ4n) is 3.69. The van der Waals surface area contributed by atoms with E-state index < -0.39 is 0 Å². The fraction of sp³-hybridized carbons (Fsp3) is 0.667. The van der Waals surface area contributed by atoms with Crippen LogP contribution in [0.1, 0.15) is 25.0 Å². The molecule has 2 heterocycles. The smallest absolute Gasteiger partial charge is 0.0678 e. The van der Waals surface area contributed by atoms with Crippen molar-refractivity contribution < 1.29 is 4.74 Å². The fourth-order valence-corrected chi connectivity index (χ4v) is 3.69. The molecule has 1 fully saturated rings. The van der Waals surface area contributed by atoms with Gasteiger partial charge in [-0.2, -0.15) is 0 Å². The molecular formula is C18H29N3O. The summed E-state index contributed by atoms with van der Waals surface area (Å²) < 4.78 is 5.81. The van der Waals surface area contributed by atoms with Gasteiger partial charge in [0, 0.05) is 45.0 Å². The van der Waals surface area contributed by atoms with Gasteiger partial charge >= 0.3 is 0 Å². The van der Waals surface area contributed by atoms with Gasteiger partial charge in [-0.05, 0) is 38.4 Å².